The highest BCUT2D eigenvalue weighted by atomic mass is 16.5. The van der Waals surface area contributed by atoms with E-state index in [9.17, 15) is 4.79 Å². The first-order valence-corrected chi connectivity index (χ1v) is 5.49. The summed E-state index contributed by atoms with van der Waals surface area (Å²) in [6, 6.07) is 5.51. The number of aliphatic hydroxyl groups is 1. The standard InChI is InChI=1S/C13H15NO3/c1-17-13(16)11-3-2-10-4-5-14(6-7-15)9-12(10)8-11/h2-5,8,15H,6-7,9H2,1H3. The van der Waals surface area contributed by atoms with Crippen molar-refractivity contribution in [2.75, 3.05) is 20.3 Å². The zero-order chi connectivity index (χ0) is 12.3. The Morgan fingerprint density at radius 2 is 2.35 bits per heavy atom. The van der Waals surface area contributed by atoms with Crippen LogP contribution in [0, 0.1) is 0 Å². The highest BCUT2D eigenvalue weighted by Crippen LogP contribution is 2.21. The summed E-state index contributed by atoms with van der Waals surface area (Å²) in [5.41, 5.74) is 2.74. The third-order valence-corrected chi connectivity index (χ3v) is 2.79. The number of hydrogen-bond donors (Lipinski definition) is 1. The van der Waals surface area contributed by atoms with Crippen LogP contribution in [-0.2, 0) is 11.3 Å². The van der Waals surface area contributed by atoms with Gasteiger partial charge in [0.05, 0.1) is 19.3 Å². The largest absolute Gasteiger partial charge is 0.465 e. The second-order valence-electron chi connectivity index (χ2n) is 3.91. The summed E-state index contributed by atoms with van der Waals surface area (Å²) in [5.74, 6) is -0.323. The molecular formula is C13H15NO3. The van der Waals surface area contributed by atoms with E-state index in [4.69, 9.17) is 9.84 Å². The minimum Gasteiger partial charge on any atom is -0.465 e. The third-order valence-electron chi connectivity index (χ3n) is 2.79. The Balaban J connectivity index is 2.25. The summed E-state index contributed by atoms with van der Waals surface area (Å²) in [6.45, 7) is 1.42. The molecular weight excluding hydrogens is 218 g/mol. The van der Waals surface area contributed by atoms with E-state index < -0.39 is 0 Å². The Morgan fingerprint density at radius 1 is 1.53 bits per heavy atom. The van der Waals surface area contributed by atoms with Crippen LogP contribution in [0.3, 0.4) is 0 Å². The van der Waals surface area contributed by atoms with Gasteiger partial charge in [0.25, 0.3) is 0 Å². The van der Waals surface area contributed by atoms with Crippen LogP contribution in [0.4, 0.5) is 0 Å². The van der Waals surface area contributed by atoms with Crippen LogP contribution in [0.2, 0.25) is 0 Å². The molecule has 90 valence electrons. The smallest absolute Gasteiger partial charge is 0.337 e. The summed E-state index contributed by atoms with van der Waals surface area (Å²) < 4.78 is 4.69. The highest BCUT2D eigenvalue weighted by molar-refractivity contribution is 5.90. The van der Waals surface area contributed by atoms with E-state index >= 15 is 0 Å². The van der Waals surface area contributed by atoms with E-state index in [1.165, 1.54) is 7.11 Å². The molecule has 1 N–H and O–H groups in total. The molecule has 17 heavy (non-hydrogen) atoms. The van der Waals surface area contributed by atoms with Crippen LogP contribution in [-0.4, -0.2) is 36.2 Å². The minimum atomic E-state index is -0.323. The van der Waals surface area contributed by atoms with Crippen molar-refractivity contribution >= 4 is 12.0 Å². The van der Waals surface area contributed by atoms with Gasteiger partial charge in [-0.2, -0.15) is 0 Å². The zero-order valence-electron chi connectivity index (χ0n) is 9.72. The molecule has 0 spiro atoms. The SMILES string of the molecule is COC(=O)c1ccc2c(c1)CN(CCO)C=C2. The van der Waals surface area contributed by atoms with Gasteiger partial charge in [0.1, 0.15) is 0 Å². The number of nitrogens with zero attached hydrogens (tertiary/aromatic N) is 1. The predicted octanol–water partition coefficient (Wildman–Crippen LogP) is 1.25. The first-order valence-electron chi connectivity index (χ1n) is 5.49. The fourth-order valence-corrected chi connectivity index (χ4v) is 1.89. The van der Waals surface area contributed by atoms with Crippen molar-refractivity contribution in [3.05, 3.63) is 41.1 Å². The summed E-state index contributed by atoms with van der Waals surface area (Å²) in [5, 5.41) is 8.90. The van der Waals surface area contributed by atoms with Crippen molar-refractivity contribution in [3.8, 4) is 0 Å². The van der Waals surface area contributed by atoms with Crippen LogP contribution in [0.1, 0.15) is 21.5 Å². The van der Waals surface area contributed by atoms with Crippen molar-refractivity contribution < 1.29 is 14.6 Å². The average molecular weight is 233 g/mol. The fraction of sp³-hybridized carbons (Fsp3) is 0.308. The molecule has 0 unspecified atom stereocenters. The number of carbonyl (C=O) groups is 1. The zero-order valence-corrected chi connectivity index (χ0v) is 9.72. The number of rotatable bonds is 3. The molecule has 1 aliphatic rings. The van der Waals surface area contributed by atoms with E-state index in [0.29, 0.717) is 18.7 Å². The molecule has 2 rings (SSSR count). The molecule has 0 saturated heterocycles. The van der Waals surface area contributed by atoms with Crippen molar-refractivity contribution in [1.29, 1.82) is 0 Å². The number of β-amino-alcohol motifs (C(OH)–C–C–N with tert-alkyl or cyclic N) is 1. The van der Waals surface area contributed by atoms with Gasteiger partial charge in [0.2, 0.25) is 0 Å². The lowest BCUT2D eigenvalue weighted by atomic mass is 10.0. The van der Waals surface area contributed by atoms with Crippen molar-refractivity contribution in [2.45, 2.75) is 6.54 Å². The van der Waals surface area contributed by atoms with Crippen molar-refractivity contribution in [2.24, 2.45) is 0 Å². The molecule has 0 atom stereocenters. The molecule has 0 aliphatic carbocycles. The summed E-state index contributed by atoms with van der Waals surface area (Å²) in [7, 11) is 1.37. The molecule has 0 bridgehead atoms. The van der Waals surface area contributed by atoms with E-state index in [-0.39, 0.29) is 12.6 Å². The van der Waals surface area contributed by atoms with Crippen LogP contribution in [0.15, 0.2) is 24.4 Å². The molecule has 1 heterocycles. The second kappa shape index (κ2) is 5.01. The van der Waals surface area contributed by atoms with Crippen LogP contribution in [0.5, 0.6) is 0 Å². The number of carbonyl (C=O) groups excluding carboxylic acids is 1. The summed E-state index contributed by atoms with van der Waals surface area (Å²) in [4.78, 5) is 13.4. The summed E-state index contributed by atoms with van der Waals surface area (Å²) >= 11 is 0. The van der Waals surface area contributed by atoms with E-state index in [1.807, 2.05) is 29.3 Å². The maximum atomic E-state index is 11.4. The Morgan fingerprint density at radius 3 is 3.06 bits per heavy atom. The molecule has 0 fully saturated rings. The van der Waals surface area contributed by atoms with Crippen molar-refractivity contribution in [3.63, 3.8) is 0 Å². The Bertz CT molecular complexity index is 454. The first kappa shape index (κ1) is 11.7. The fourth-order valence-electron chi connectivity index (χ4n) is 1.89. The van der Waals surface area contributed by atoms with E-state index in [1.54, 1.807) is 6.07 Å². The maximum absolute atomic E-state index is 11.4. The van der Waals surface area contributed by atoms with Gasteiger partial charge in [-0.1, -0.05) is 6.07 Å². The molecule has 0 radical (unpaired) electrons. The number of methoxy groups -OCH3 is 1. The number of benzene rings is 1. The molecule has 1 aliphatic heterocycles. The molecule has 0 saturated carbocycles. The van der Waals surface area contributed by atoms with Crippen LogP contribution in [0.25, 0.3) is 6.08 Å². The molecule has 0 aromatic heterocycles. The topological polar surface area (TPSA) is 49.8 Å². The molecule has 0 amide bonds. The number of aliphatic hydroxyl groups excluding tert-OH is 1. The maximum Gasteiger partial charge on any atom is 0.337 e. The Hall–Kier alpha value is -1.81. The van der Waals surface area contributed by atoms with Crippen LogP contribution >= 0.6 is 0 Å². The van der Waals surface area contributed by atoms with Gasteiger partial charge in [0, 0.05) is 19.3 Å². The van der Waals surface area contributed by atoms with E-state index in [2.05, 4.69) is 0 Å². The number of esters is 1. The number of ether oxygens (including phenoxy) is 1. The predicted molar refractivity (Wildman–Crippen MR) is 64.3 cm³/mol. The van der Waals surface area contributed by atoms with Gasteiger partial charge < -0.3 is 14.7 Å². The Labute approximate surface area is 100 Å². The lowest BCUT2D eigenvalue weighted by Crippen LogP contribution is -2.23. The molecule has 1 aromatic rings. The Kier molecular flexibility index (Phi) is 3.44. The second-order valence-corrected chi connectivity index (χ2v) is 3.91. The van der Waals surface area contributed by atoms with Gasteiger partial charge >= 0.3 is 5.97 Å². The lowest BCUT2D eigenvalue weighted by Gasteiger charge is -2.24. The number of fused-ring (bicyclic) bond motifs is 1. The van der Waals surface area contributed by atoms with Gasteiger partial charge in [0.15, 0.2) is 0 Å². The van der Waals surface area contributed by atoms with Gasteiger partial charge in [-0.3, -0.25) is 0 Å². The average Bonchev–Trinajstić information content (AvgIpc) is 2.37. The third kappa shape index (κ3) is 2.47. The van der Waals surface area contributed by atoms with Crippen LogP contribution < -0.4 is 0 Å². The normalized spacial score (nSPS) is 13.4. The van der Waals surface area contributed by atoms with Gasteiger partial charge in [-0.15, -0.1) is 0 Å². The number of hydrogen-bond acceptors (Lipinski definition) is 4. The lowest BCUT2D eigenvalue weighted by molar-refractivity contribution is 0.0600. The monoisotopic (exact) mass is 233 g/mol. The van der Waals surface area contributed by atoms with E-state index in [0.717, 1.165) is 11.1 Å². The van der Waals surface area contributed by atoms with Gasteiger partial charge in [-0.25, -0.2) is 4.79 Å². The first-order chi connectivity index (χ1) is 8.24. The van der Waals surface area contributed by atoms with Gasteiger partial charge in [-0.05, 0) is 29.3 Å². The highest BCUT2D eigenvalue weighted by Gasteiger charge is 2.13. The molecule has 4 nitrogen and oxygen atoms in total. The quantitative estimate of drug-likeness (QED) is 0.798. The van der Waals surface area contributed by atoms with Crippen molar-refractivity contribution in [1.82, 2.24) is 4.90 Å². The minimum absolute atomic E-state index is 0.121. The molecule has 1 aromatic carbocycles. The summed E-state index contributed by atoms with van der Waals surface area (Å²) in [6.07, 6.45) is 3.94. The molecule has 4 heteroatoms.